The van der Waals surface area contributed by atoms with Crippen molar-refractivity contribution >= 4 is 49.8 Å². The Kier molecular flexibility index (Phi) is 116. The van der Waals surface area contributed by atoms with Crippen molar-refractivity contribution in [2.24, 2.45) is 0 Å². The van der Waals surface area contributed by atoms with Crippen LogP contribution in [-0.4, -0.2) is 49.8 Å². The standard InChI is InChI=1S/Ag.In.Sn.Zn.5H. The largest absolute Gasteiger partial charge is 0 e. The zero-order chi connectivity index (χ0) is 0. The first-order valence-corrected chi connectivity index (χ1v) is 0. The Bertz CT molecular complexity index is 8.00. The van der Waals surface area contributed by atoms with Gasteiger partial charge < -0.3 is 0 Å². The van der Waals surface area contributed by atoms with Gasteiger partial charge in [-0.05, 0) is 0 Å². The molecule has 3 radical (unpaired) electrons. The maximum Gasteiger partial charge on any atom is 0 e. The van der Waals surface area contributed by atoms with Crippen LogP contribution >= 0.6 is 0 Å². The van der Waals surface area contributed by atoms with Gasteiger partial charge in [0.2, 0.25) is 0 Å². The molecule has 0 saturated carbocycles. The smallest absolute Gasteiger partial charge is 0 e. The first-order chi connectivity index (χ1) is 0. The molecule has 0 N–H and O–H groups in total. The number of rotatable bonds is 0. The zero-order valence-electron chi connectivity index (χ0n) is 1.72. The van der Waals surface area contributed by atoms with E-state index in [2.05, 4.69) is 0 Å². The second-order valence-corrected chi connectivity index (χ2v) is 0. The first kappa shape index (κ1) is 27.8. The van der Waals surface area contributed by atoms with Crippen LogP contribution in [-0.2, 0) is 41.9 Å². The molecule has 0 unspecified atom stereocenters. The summed E-state index contributed by atoms with van der Waals surface area (Å²) >= 11 is 0. The normalized spacial score (nSPS) is 0. The van der Waals surface area contributed by atoms with Crippen molar-refractivity contribution in [3.63, 3.8) is 0 Å². The molecule has 0 aliphatic rings. The van der Waals surface area contributed by atoms with Gasteiger partial charge in [-0.3, -0.25) is 0 Å². The van der Waals surface area contributed by atoms with Gasteiger partial charge in [0.1, 0.15) is 0 Å². The van der Waals surface area contributed by atoms with Crippen molar-refractivity contribution in [2.75, 3.05) is 0 Å². The van der Waals surface area contributed by atoms with Crippen LogP contribution < -0.4 is 0 Å². The van der Waals surface area contributed by atoms with E-state index in [0.29, 0.717) is 0 Å². The topological polar surface area (TPSA) is 0 Å². The summed E-state index contributed by atoms with van der Waals surface area (Å²) in [5.74, 6) is 0. The van der Waals surface area contributed by atoms with Crippen molar-refractivity contribution in [2.45, 2.75) is 0 Å². The molecule has 0 aromatic heterocycles. The van der Waals surface area contributed by atoms with Gasteiger partial charge in [0, 0.05) is 41.9 Å². The molecule has 4 heavy (non-hydrogen) atoms. The monoisotopic (exact) mass is 411 g/mol. The molecule has 0 atom stereocenters. The van der Waals surface area contributed by atoms with E-state index in [1.165, 1.54) is 0 Å². The molecule has 0 amide bonds. The number of hydrogen-bond acceptors (Lipinski definition) is 0. The minimum Gasteiger partial charge on any atom is 0 e. The van der Waals surface area contributed by atoms with Crippen LogP contribution in [0.3, 0.4) is 0 Å². The molecular weight excluding hydrogens is 407 g/mol. The van der Waals surface area contributed by atoms with Gasteiger partial charge in [0.25, 0.3) is 0 Å². The third-order valence-corrected chi connectivity index (χ3v) is 0. The van der Waals surface area contributed by atoms with Crippen LogP contribution in [0.25, 0.3) is 0 Å². The van der Waals surface area contributed by atoms with Crippen molar-refractivity contribution < 1.29 is 41.9 Å². The Morgan fingerprint density at radius 2 is 1.00 bits per heavy atom. The van der Waals surface area contributed by atoms with E-state index in [-0.39, 0.29) is 91.6 Å². The quantitative estimate of drug-likeness (QED) is 0.401. The van der Waals surface area contributed by atoms with Crippen LogP contribution in [0.15, 0.2) is 0 Å². The molecular formula is H5AgInSnZn. The zero-order valence-corrected chi connectivity index (χ0v) is 10.2. The van der Waals surface area contributed by atoms with Gasteiger partial charge in [-0.2, -0.15) is 0 Å². The fourth-order valence-electron chi connectivity index (χ4n) is 0. The molecule has 0 rings (SSSR count). The van der Waals surface area contributed by atoms with Gasteiger partial charge >= 0.3 is 49.8 Å². The molecule has 0 aromatic rings. The molecule has 4 heteroatoms. The van der Waals surface area contributed by atoms with Crippen molar-refractivity contribution in [3.8, 4) is 0 Å². The van der Waals surface area contributed by atoms with Crippen LogP contribution in [0, 0.1) is 0 Å². The van der Waals surface area contributed by atoms with E-state index in [4.69, 9.17) is 0 Å². The van der Waals surface area contributed by atoms with Gasteiger partial charge in [-0.1, -0.05) is 0 Å². The molecule has 0 spiro atoms. The van der Waals surface area contributed by atoms with Gasteiger partial charge in [0.15, 0.2) is 0 Å². The van der Waals surface area contributed by atoms with Crippen molar-refractivity contribution in [3.05, 3.63) is 0 Å². The van der Waals surface area contributed by atoms with Crippen molar-refractivity contribution in [1.82, 2.24) is 0 Å². The Balaban J connectivity index is 0. The van der Waals surface area contributed by atoms with Crippen LogP contribution in [0.1, 0.15) is 0 Å². The molecule has 0 saturated heterocycles. The molecule has 0 fully saturated rings. The van der Waals surface area contributed by atoms with E-state index in [1.54, 1.807) is 0 Å². The molecule has 0 nitrogen and oxygen atoms in total. The average Bonchev–Trinajstić information content (AvgIpc) is 0. The summed E-state index contributed by atoms with van der Waals surface area (Å²) < 4.78 is 0. The van der Waals surface area contributed by atoms with Crippen LogP contribution in [0.4, 0.5) is 0 Å². The Morgan fingerprint density at radius 3 is 1.00 bits per heavy atom. The maximum absolute atomic E-state index is 0. The summed E-state index contributed by atoms with van der Waals surface area (Å²) in [6.07, 6.45) is 0. The second-order valence-electron chi connectivity index (χ2n) is 0. The third kappa shape index (κ3) is 8.90. The molecule has 25 valence electrons. The summed E-state index contributed by atoms with van der Waals surface area (Å²) in [5, 5.41) is 0. The third-order valence-electron chi connectivity index (χ3n) is 0. The molecule has 0 aliphatic carbocycles. The van der Waals surface area contributed by atoms with Gasteiger partial charge in [0.05, 0.1) is 0 Å². The van der Waals surface area contributed by atoms with Gasteiger partial charge in [-0.15, -0.1) is 0 Å². The maximum atomic E-state index is 0. The average molecular weight is 412 g/mol. The van der Waals surface area contributed by atoms with E-state index in [1.807, 2.05) is 0 Å². The molecule has 0 bridgehead atoms. The Labute approximate surface area is 89.9 Å². The SMILES string of the molecule is [Ag].[InH3].[SnH2].[Zn]. The fourth-order valence-corrected chi connectivity index (χ4v) is 0. The summed E-state index contributed by atoms with van der Waals surface area (Å²) in [5.41, 5.74) is 0. The predicted octanol–water partition coefficient (Wildman–Crippen LogP) is -2.11. The summed E-state index contributed by atoms with van der Waals surface area (Å²) in [7, 11) is 0. The minimum absolute atomic E-state index is 0. The summed E-state index contributed by atoms with van der Waals surface area (Å²) in [6, 6.07) is 0. The first-order valence-electron chi connectivity index (χ1n) is 0. The molecule has 0 heterocycles. The fraction of sp³-hybridized carbons (Fsp3) is 0. The van der Waals surface area contributed by atoms with E-state index >= 15 is 0 Å². The molecule has 0 aromatic carbocycles. The van der Waals surface area contributed by atoms with E-state index in [0.717, 1.165) is 0 Å². The van der Waals surface area contributed by atoms with Crippen LogP contribution in [0.5, 0.6) is 0 Å². The van der Waals surface area contributed by atoms with E-state index < -0.39 is 0 Å². The predicted molar refractivity (Wildman–Crippen MR) is 18.5 cm³/mol. The van der Waals surface area contributed by atoms with Crippen LogP contribution in [0.2, 0.25) is 0 Å². The second kappa shape index (κ2) is 16.6. The Morgan fingerprint density at radius 1 is 1.00 bits per heavy atom. The Hall–Kier alpha value is 3.03. The van der Waals surface area contributed by atoms with E-state index in [9.17, 15) is 0 Å². The molecule has 0 aliphatic heterocycles. The summed E-state index contributed by atoms with van der Waals surface area (Å²) in [4.78, 5) is 0. The van der Waals surface area contributed by atoms with Crippen molar-refractivity contribution in [1.29, 1.82) is 0 Å². The number of hydrogen-bond donors (Lipinski definition) is 0. The summed E-state index contributed by atoms with van der Waals surface area (Å²) in [6.45, 7) is 0. The van der Waals surface area contributed by atoms with Gasteiger partial charge in [-0.25, -0.2) is 0 Å². The minimum atomic E-state index is 0.